The Balaban J connectivity index is 2.08. The van der Waals surface area contributed by atoms with Crippen molar-refractivity contribution in [3.05, 3.63) is 24.4 Å². The average Bonchev–Trinajstić information content (AvgIpc) is 2.32. The molecule has 2 N–H and O–H groups in total. The molecule has 16 heavy (non-hydrogen) atoms. The van der Waals surface area contributed by atoms with Gasteiger partial charge in [0.1, 0.15) is 0 Å². The molecular weight excluding hydrogens is 216 g/mol. The molecule has 1 fully saturated rings. The van der Waals surface area contributed by atoms with Gasteiger partial charge in [0.25, 0.3) is 0 Å². The Morgan fingerprint density at radius 3 is 2.62 bits per heavy atom. The van der Waals surface area contributed by atoms with Crippen molar-refractivity contribution >= 4 is 11.8 Å². The van der Waals surface area contributed by atoms with Crippen molar-refractivity contribution in [3.8, 4) is 0 Å². The van der Waals surface area contributed by atoms with Gasteiger partial charge in [-0.2, -0.15) is 11.8 Å². The van der Waals surface area contributed by atoms with E-state index < -0.39 is 0 Å². The molecular formula is C13H22N2S. The summed E-state index contributed by atoms with van der Waals surface area (Å²) in [4.78, 5) is 0. The van der Waals surface area contributed by atoms with Crippen LogP contribution < -0.4 is 10.6 Å². The van der Waals surface area contributed by atoms with Gasteiger partial charge in [-0.1, -0.05) is 12.2 Å². The van der Waals surface area contributed by atoms with Crippen molar-refractivity contribution in [2.75, 3.05) is 19.3 Å². The summed E-state index contributed by atoms with van der Waals surface area (Å²) < 4.78 is 0. The van der Waals surface area contributed by atoms with Crippen molar-refractivity contribution in [2.24, 2.45) is 5.92 Å². The van der Waals surface area contributed by atoms with E-state index in [2.05, 4.69) is 48.2 Å². The molecule has 0 spiro atoms. The highest BCUT2D eigenvalue weighted by atomic mass is 32.2. The molecule has 0 saturated carbocycles. The number of thioether (sulfide) groups is 1. The van der Waals surface area contributed by atoms with Crippen LogP contribution >= 0.6 is 11.8 Å². The maximum Gasteiger partial charge on any atom is 0.0646 e. The normalized spacial score (nSPS) is 32.4. The summed E-state index contributed by atoms with van der Waals surface area (Å²) in [6, 6.07) is 0. The molecule has 2 unspecified atom stereocenters. The molecule has 2 nitrogen and oxygen atoms in total. The van der Waals surface area contributed by atoms with Crippen molar-refractivity contribution in [1.29, 1.82) is 0 Å². The largest absolute Gasteiger partial charge is 0.381 e. The maximum atomic E-state index is 3.54. The van der Waals surface area contributed by atoms with E-state index in [-0.39, 0.29) is 5.54 Å². The fraction of sp³-hybridized carbons (Fsp3) is 0.692. The lowest BCUT2D eigenvalue weighted by molar-refractivity contribution is 0.302. The molecule has 2 aliphatic heterocycles. The summed E-state index contributed by atoms with van der Waals surface area (Å²) in [6.45, 7) is 4.67. The molecule has 0 amide bonds. The minimum Gasteiger partial charge on any atom is -0.381 e. The number of rotatable bonds is 3. The summed E-state index contributed by atoms with van der Waals surface area (Å²) in [6.07, 6.45) is 13.5. The summed E-state index contributed by atoms with van der Waals surface area (Å²) in [5.41, 5.74) is 0.121. The smallest absolute Gasteiger partial charge is 0.0646 e. The molecule has 1 saturated heterocycles. The van der Waals surface area contributed by atoms with Crippen molar-refractivity contribution in [3.63, 3.8) is 0 Å². The van der Waals surface area contributed by atoms with Crippen LogP contribution in [-0.2, 0) is 0 Å². The Labute approximate surface area is 103 Å². The summed E-state index contributed by atoms with van der Waals surface area (Å²) in [7, 11) is 0. The molecule has 0 radical (unpaired) electrons. The summed E-state index contributed by atoms with van der Waals surface area (Å²) in [5, 5.41) is 7.65. The molecule has 3 heteroatoms. The number of hydrogen-bond donors (Lipinski definition) is 2. The zero-order valence-electron chi connectivity index (χ0n) is 10.2. The Hall–Kier alpha value is -0.410. The molecule has 0 aliphatic carbocycles. The van der Waals surface area contributed by atoms with E-state index in [1.165, 1.54) is 25.9 Å². The third-order valence-corrected chi connectivity index (χ3v) is 5.08. The average molecular weight is 238 g/mol. The highest BCUT2D eigenvalue weighted by Crippen LogP contribution is 2.35. The molecule has 2 aliphatic rings. The number of hydrogen-bond acceptors (Lipinski definition) is 3. The molecule has 90 valence electrons. The van der Waals surface area contributed by atoms with Crippen LogP contribution in [0.1, 0.15) is 19.8 Å². The van der Waals surface area contributed by atoms with Gasteiger partial charge < -0.3 is 10.6 Å². The molecule has 0 aromatic heterocycles. The van der Waals surface area contributed by atoms with Gasteiger partial charge in [0.2, 0.25) is 0 Å². The predicted molar refractivity (Wildman–Crippen MR) is 72.7 cm³/mol. The first-order valence-corrected chi connectivity index (χ1v) is 7.40. The topological polar surface area (TPSA) is 24.1 Å². The summed E-state index contributed by atoms with van der Waals surface area (Å²) in [5.74, 6) is 0.824. The Morgan fingerprint density at radius 1 is 1.31 bits per heavy atom. The van der Waals surface area contributed by atoms with Crippen molar-refractivity contribution in [2.45, 2.75) is 30.6 Å². The van der Waals surface area contributed by atoms with Gasteiger partial charge in [0, 0.05) is 5.25 Å². The van der Waals surface area contributed by atoms with Crippen molar-refractivity contribution in [1.82, 2.24) is 10.6 Å². The van der Waals surface area contributed by atoms with Crippen LogP contribution in [-0.4, -0.2) is 30.1 Å². The van der Waals surface area contributed by atoms with Crippen LogP contribution in [0.25, 0.3) is 0 Å². The fourth-order valence-electron chi connectivity index (χ4n) is 2.84. The number of dihydropyridines is 1. The van der Waals surface area contributed by atoms with E-state index in [4.69, 9.17) is 0 Å². The number of nitrogens with one attached hydrogen (secondary N) is 2. The molecule has 0 bridgehead atoms. The lowest BCUT2D eigenvalue weighted by Crippen LogP contribution is -2.52. The van der Waals surface area contributed by atoms with Crippen molar-refractivity contribution < 1.29 is 0 Å². The van der Waals surface area contributed by atoms with Gasteiger partial charge >= 0.3 is 0 Å². The van der Waals surface area contributed by atoms with Crippen LogP contribution in [0.3, 0.4) is 0 Å². The minimum absolute atomic E-state index is 0.121. The van der Waals surface area contributed by atoms with Gasteiger partial charge in [0.15, 0.2) is 0 Å². The Kier molecular flexibility index (Phi) is 3.98. The van der Waals surface area contributed by atoms with Crippen LogP contribution in [0, 0.1) is 5.92 Å². The monoisotopic (exact) mass is 238 g/mol. The highest BCUT2D eigenvalue weighted by Gasteiger charge is 2.37. The van der Waals surface area contributed by atoms with E-state index >= 15 is 0 Å². The fourth-order valence-corrected chi connectivity index (χ4v) is 4.13. The van der Waals surface area contributed by atoms with Gasteiger partial charge in [-0.15, -0.1) is 0 Å². The molecule has 0 aromatic rings. The van der Waals surface area contributed by atoms with Crippen LogP contribution in [0.5, 0.6) is 0 Å². The quantitative estimate of drug-likeness (QED) is 0.788. The van der Waals surface area contributed by atoms with Gasteiger partial charge in [-0.05, 0) is 57.3 Å². The van der Waals surface area contributed by atoms with Crippen LogP contribution in [0.4, 0.5) is 0 Å². The van der Waals surface area contributed by atoms with E-state index in [1.54, 1.807) is 0 Å². The lowest BCUT2D eigenvalue weighted by atomic mass is 9.82. The van der Waals surface area contributed by atoms with E-state index in [9.17, 15) is 0 Å². The predicted octanol–water partition coefficient (Wildman–Crippen LogP) is 2.15. The minimum atomic E-state index is 0.121. The SMILES string of the molecule is CSC(C1CCNCC1)C1(C)C=CC=CN1. The second kappa shape index (κ2) is 5.28. The molecule has 2 heterocycles. The van der Waals surface area contributed by atoms with Gasteiger partial charge in [-0.25, -0.2) is 0 Å². The number of allylic oxidation sites excluding steroid dienone is 2. The Morgan fingerprint density at radius 2 is 2.06 bits per heavy atom. The zero-order valence-corrected chi connectivity index (χ0v) is 11.0. The molecule has 0 aromatic carbocycles. The third kappa shape index (κ3) is 2.46. The summed E-state index contributed by atoms with van der Waals surface area (Å²) >= 11 is 2.01. The van der Waals surface area contributed by atoms with E-state index in [0.717, 1.165) is 5.92 Å². The maximum absolute atomic E-state index is 3.54. The first-order chi connectivity index (χ1) is 7.76. The second-order valence-corrected chi connectivity index (χ2v) is 5.87. The Bertz CT molecular complexity index is 282. The molecule has 2 atom stereocenters. The van der Waals surface area contributed by atoms with Crippen LogP contribution in [0.2, 0.25) is 0 Å². The number of piperidine rings is 1. The third-order valence-electron chi connectivity index (χ3n) is 3.70. The zero-order chi connectivity index (χ0) is 11.4. The van der Waals surface area contributed by atoms with E-state index in [0.29, 0.717) is 5.25 Å². The highest BCUT2D eigenvalue weighted by molar-refractivity contribution is 7.99. The van der Waals surface area contributed by atoms with Gasteiger partial charge in [-0.3, -0.25) is 0 Å². The van der Waals surface area contributed by atoms with E-state index in [1.807, 2.05) is 11.8 Å². The first-order valence-electron chi connectivity index (χ1n) is 6.12. The second-order valence-electron chi connectivity index (χ2n) is 4.89. The molecule has 2 rings (SSSR count). The van der Waals surface area contributed by atoms with Crippen LogP contribution in [0.15, 0.2) is 24.4 Å². The lowest BCUT2D eigenvalue weighted by Gasteiger charge is -2.42. The standard InChI is InChI=1S/C13H22N2S/c1-13(7-3-4-8-15-13)12(16-2)11-5-9-14-10-6-11/h3-4,7-8,11-12,14-15H,5-6,9-10H2,1-2H3. The van der Waals surface area contributed by atoms with Gasteiger partial charge in [0.05, 0.1) is 5.54 Å². The first kappa shape index (κ1) is 12.1.